The molecule has 1 heterocycles. The first kappa shape index (κ1) is 13.9. The van der Waals surface area contributed by atoms with E-state index in [0.717, 1.165) is 23.7 Å². The number of fused-ring (bicyclic) bond motifs is 2. The van der Waals surface area contributed by atoms with Gasteiger partial charge in [-0.3, -0.25) is 9.78 Å². The van der Waals surface area contributed by atoms with E-state index in [-0.39, 0.29) is 11.9 Å². The van der Waals surface area contributed by atoms with Gasteiger partial charge in [0.25, 0.3) is 5.91 Å². The highest BCUT2D eigenvalue weighted by atomic mass is 16.2. The Kier molecular flexibility index (Phi) is 3.34. The average molecular weight is 302 g/mol. The summed E-state index contributed by atoms with van der Waals surface area (Å²) in [5.74, 6) is 0.0380. The SMILES string of the molecule is CN(C(=O)c1cccc2cccnc12)C1CCc2ccccc21. The molecule has 1 aromatic heterocycles. The molecule has 0 radical (unpaired) electrons. The van der Waals surface area contributed by atoms with Crippen molar-refractivity contribution in [3.63, 3.8) is 0 Å². The minimum absolute atomic E-state index is 0.0380. The quantitative estimate of drug-likeness (QED) is 0.717. The van der Waals surface area contributed by atoms with Crippen LogP contribution in [0.15, 0.2) is 60.8 Å². The topological polar surface area (TPSA) is 33.2 Å². The molecule has 23 heavy (non-hydrogen) atoms. The molecule has 1 amide bonds. The fourth-order valence-electron chi connectivity index (χ4n) is 3.55. The Morgan fingerprint density at radius 1 is 1.09 bits per heavy atom. The van der Waals surface area contributed by atoms with Crippen molar-refractivity contribution in [2.45, 2.75) is 18.9 Å². The van der Waals surface area contributed by atoms with Gasteiger partial charge in [0.05, 0.1) is 17.1 Å². The fraction of sp³-hybridized carbons (Fsp3) is 0.200. The van der Waals surface area contributed by atoms with Crippen LogP contribution in [0, 0.1) is 0 Å². The van der Waals surface area contributed by atoms with Gasteiger partial charge < -0.3 is 4.90 Å². The molecular weight excluding hydrogens is 284 g/mol. The Hall–Kier alpha value is -2.68. The maximum atomic E-state index is 13.0. The van der Waals surface area contributed by atoms with Crippen molar-refractivity contribution in [2.75, 3.05) is 7.05 Å². The van der Waals surface area contributed by atoms with Crippen molar-refractivity contribution in [3.8, 4) is 0 Å². The molecule has 4 rings (SSSR count). The number of hydrogen-bond donors (Lipinski definition) is 0. The first-order valence-corrected chi connectivity index (χ1v) is 7.94. The van der Waals surface area contributed by atoms with E-state index in [1.807, 2.05) is 42.3 Å². The molecule has 1 atom stereocenters. The second-order valence-electron chi connectivity index (χ2n) is 6.05. The zero-order valence-corrected chi connectivity index (χ0v) is 13.1. The van der Waals surface area contributed by atoms with Gasteiger partial charge in [-0.2, -0.15) is 0 Å². The third-order valence-electron chi connectivity index (χ3n) is 4.75. The number of benzene rings is 2. The minimum atomic E-state index is 0.0380. The van der Waals surface area contributed by atoms with Crippen molar-refractivity contribution in [1.29, 1.82) is 0 Å². The van der Waals surface area contributed by atoms with Crippen LogP contribution in [0.5, 0.6) is 0 Å². The van der Waals surface area contributed by atoms with E-state index >= 15 is 0 Å². The van der Waals surface area contributed by atoms with Gasteiger partial charge in [0.1, 0.15) is 0 Å². The molecule has 3 nitrogen and oxygen atoms in total. The highest BCUT2D eigenvalue weighted by Gasteiger charge is 2.29. The largest absolute Gasteiger partial charge is 0.335 e. The molecule has 0 saturated heterocycles. The normalized spacial score (nSPS) is 16.3. The number of carbonyl (C=O) groups excluding carboxylic acids is 1. The van der Waals surface area contributed by atoms with Crippen LogP contribution in [0.3, 0.4) is 0 Å². The van der Waals surface area contributed by atoms with Gasteiger partial charge in [-0.1, -0.05) is 42.5 Å². The summed E-state index contributed by atoms with van der Waals surface area (Å²) in [5, 5.41) is 0.999. The van der Waals surface area contributed by atoms with Crippen molar-refractivity contribution < 1.29 is 4.79 Å². The molecule has 2 aromatic carbocycles. The van der Waals surface area contributed by atoms with Gasteiger partial charge >= 0.3 is 0 Å². The second kappa shape index (κ2) is 5.51. The average Bonchev–Trinajstić information content (AvgIpc) is 3.04. The summed E-state index contributed by atoms with van der Waals surface area (Å²) in [6.45, 7) is 0. The molecule has 0 fully saturated rings. The van der Waals surface area contributed by atoms with Crippen LogP contribution in [0.25, 0.3) is 10.9 Å². The molecule has 0 spiro atoms. The maximum absolute atomic E-state index is 13.0. The van der Waals surface area contributed by atoms with Crippen molar-refractivity contribution in [2.24, 2.45) is 0 Å². The van der Waals surface area contributed by atoms with Crippen molar-refractivity contribution in [1.82, 2.24) is 9.88 Å². The Balaban J connectivity index is 1.72. The molecule has 0 N–H and O–H groups in total. The summed E-state index contributed by atoms with van der Waals surface area (Å²) in [5.41, 5.74) is 4.08. The predicted octanol–water partition coefficient (Wildman–Crippen LogP) is 3.99. The summed E-state index contributed by atoms with van der Waals surface area (Å²) in [6.07, 6.45) is 3.76. The summed E-state index contributed by atoms with van der Waals surface area (Å²) < 4.78 is 0. The maximum Gasteiger partial charge on any atom is 0.256 e. The Morgan fingerprint density at radius 2 is 1.91 bits per heavy atom. The zero-order chi connectivity index (χ0) is 15.8. The number of rotatable bonds is 2. The summed E-state index contributed by atoms with van der Waals surface area (Å²) in [7, 11) is 1.90. The Labute approximate surface area is 135 Å². The standard InChI is InChI=1S/C20H18N2O/c1-22(18-12-11-14-6-2-3-9-16(14)18)20(23)17-10-4-7-15-8-5-13-21-19(15)17/h2-10,13,18H,11-12H2,1H3. The molecule has 3 heteroatoms. The van der Waals surface area contributed by atoms with E-state index in [2.05, 4.69) is 29.2 Å². The van der Waals surface area contributed by atoms with E-state index in [0.29, 0.717) is 5.56 Å². The third kappa shape index (κ3) is 2.29. The summed E-state index contributed by atoms with van der Waals surface area (Å²) in [4.78, 5) is 19.3. The lowest BCUT2D eigenvalue weighted by atomic mass is 10.0. The van der Waals surface area contributed by atoms with Gasteiger partial charge in [0, 0.05) is 18.6 Å². The van der Waals surface area contributed by atoms with Crippen molar-refractivity contribution in [3.05, 3.63) is 77.5 Å². The minimum Gasteiger partial charge on any atom is -0.335 e. The first-order chi connectivity index (χ1) is 11.3. The first-order valence-electron chi connectivity index (χ1n) is 7.94. The monoisotopic (exact) mass is 302 g/mol. The summed E-state index contributed by atoms with van der Waals surface area (Å²) >= 11 is 0. The third-order valence-corrected chi connectivity index (χ3v) is 4.75. The highest BCUT2D eigenvalue weighted by molar-refractivity contribution is 6.05. The van der Waals surface area contributed by atoms with E-state index in [1.54, 1.807) is 6.20 Å². The number of amides is 1. The molecule has 1 unspecified atom stereocenters. The number of aryl methyl sites for hydroxylation is 1. The van der Waals surface area contributed by atoms with Crippen LogP contribution < -0.4 is 0 Å². The number of nitrogens with zero attached hydrogens (tertiary/aromatic N) is 2. The summed E-state index contributed by atoms with van der Waals surface area (Å²) in [6, 6.07) is 18.2. The molecule has 3 aromatic rings. The van der Waals surface area contributed by atoms with Crippen LogP contribution in [-0.4, -0.2) is 22.8 Å². The second-order valence-corrected chi connectivity index (χ2v) is 6.05. The van der Waals surface area contributed by atoms with Gasteiger partial charge in [-0.15, -0.1) is 0 Å². The van der Waals surface area contributed by atoms with Gasteiger partial charge in [-0.05, 0) is 36.1 Å². The van der Waals surface area contributed by atoms with Gasteiger partial charge in [-0.25, -0.2) is 0 Å². The van der Waals surface area contributed by atoms with Crippen molar-refractivity contribution >= 4 is 16.8 Å². The lowest BCUT2D eigenvalue weighted by molar-refractivity contribution is 0.0732. The number of pyridine rings is 1. The molecule has 0 saturated carbocycles. The molecular formula is C20H18N2O. The van der Waals surface area contributed by atoms with E-state index in [9.17, 15) is 4.79 Å². The Bertz CT molecular complexity index is 882. The molecule has 1 aliphatic rings. The van der Waals surface area contributed by atoms with Gasteiger partial charge in [0.2, 0.25) is 0 Å². The highest BCUT2D eigenvalue weighted by Crippen LogP contribution is 2.35. The fourth-order valence-corrected chi connectivity index (χ4v) is 3.55. The van der Waals surface area contributed by atoms with Crippen LogP contribution >= 0.6 is 0 Å². The van der Waals surface area contributed by atoms with Crippen LogP contribution in [-0.2, 0) is 6.42 Å². The molecule has 0 aliphatic heterocycles. The molecule has 1 aliphatic carbocycles. The lowest BCUT2D eigenvalue weighted by Crippen LogP contribution is -2.30. The van der Waals surface area contributed by atoms with E-state index in [4.69, 9.17) is 0 Å². The predicted molar refractivity (Wildman–Crippen MR) is 91.3 cm³/mol. The van der Waals surface area contributed by atoms with Crippen LogP contribution in [0.2, 0.25) is 0 Å². The number of hydrogen-bond acceptors (Lipinski definition) is 2. The van der Waals surface area contributed by atoms with Crippen LogP contribution in [0.4, 0.5) is 0 Å². The van der Waals surface area contributed by atoms with E-state index in [1.165, 1.54) is 11.1 Å². The Morgan fingerprint density at radius 3 is 2.83 bits per heavy atom. The molecule has 0 bridgehead atoms. The number of carbonyl (C=O) groups is 1. The number of aromatic nitrogens is 1. The van der Waals surface area contributed by atoms with Crippen LogP contribution in [0.1, 0.15) is 33.9 Å². The number of para-hydroxylation sites is 1. The van der Waals surface area contributed by atoms with Gasteiger partial charge in [0.15, 0.2) is 0 Å². The lowest BCUT2D eigenvalue weighted by Gasteiger charge is -2.26. The zero-order valence-electron chi connectivity index (χ0n) is 13.1. The van der Waals surface area contributed by atoms with E-state index < -0.39 is 0 Å². The smallest absolute Gasteiger partial charge is 0.256 e. The molecule has 114 valence electrons.